The Labute approximate surface area is 82.3 Å². The van der Waals surface area contributed by atoms with Gasteiger partial charge in [0.2, 0.25) is 0 Å². The van der Waals surface area contributed by atoms with Gasteiger partial charge in [0.25, 0.3) is 0 Å². The van der Waals surface area contributed by atoms with E-state index in [1.807, 2.05) is 13.8 Å². The lowest BCUT2D eigenvalue weighted by atomic mass is 9.85. The summed E-state index contributed by atoms with van der Waals surface area (Å²) in [6.45, 7) is 12.8. The van der Waals surface area contributed by atoms with Crippen molar-refractivity contribution < 1.29 is 4.79 Å². The molecule has 2 heteroatoms. The van der Waals surface area contributed by atoms with E-state index >= 15 is 0 Å². The van der Waals surface area contributed by atoms with Gasteiger partial charge in [0.15, 0.2) is 5.78 Å². The van der Waals surface area contributed by atoms with Crippen LogP contribution in [0.15, 0.2) is 0 Å². The van der Waals surface area contributed by atoms with Crippen molar-refractivity contribution in [3.63, 3.8) is 0 Å². The van der Waals surface area contributed by atoms with Crippen LogP contribution >= 0.6 is 0 Å². The first kappa shape index (κ1) is 12.6. The normalized spacial score (nSPS) is 12.2. The number of hydrogen-bond donors (Lipinski definition) is 0. The first-order valence-electron chi connectivity index (χ1n) is 5.23. The van der Waals surface area contributed by atoms with Crippen molar-refractivity contribution in [1.29, 1.82) is 0 Å². The summed E-state index contributed by atoms with van der Waals surface area (Å²) in [5, 5.41) is 0. The number of carbonyl (C=O) groups is 1. The highest BCUT2D eigenvalue weighted by atomic mass is 16.1. The summed E-state index contributed by atoms with van der Waals surface area (Å²) >= 11 is 0. The van der Waals surface area contributed by atoms with E-state index in [9.17, 15) is 4.79 Å². The molecule has 0 amide bonds. The van der Waals surface area contributed by atoms with E-state index in [4.69, 9.17) is 0 Å². The molecular formula is C11H23NO. The molecule has 0 unspecified atom stereocenters. The van der Waals surface area contributed by atoms with Crippen LogP contribution in [-0.2, 0) is 4.79 Å². The van der Waals surface area contributed by atoms with Crippen LogP contribution in [0.1, 0.15) is 41.0 Å². The third kappa shape index (κ3) is 3.90. The highest BCUT2D eigenvalue weighted by Gasteiger charge is 2.25. The first-order valence-corrected chi connectivity index (χ1v) is 5.23. The summed E-state index contributed by atoms with van der Waals surface area (Å²) in [6, 6.07) is 0. The van der Waals surface area contributed by atoms with E-state index in [2.05, 4.69) is 25.7 Å². The zero-order valence-electron chi connectivity index (χ0n) is 9.68. The fourth-order valence-electron chi connectivity index (χ4n) is 1.06. The topological polar surface area (TPSA) is 20.3 Å². The maximum Gasteiger partial charge on any atom is 0.152 e. The van der Waals surface area contributed by atoms with Gasteiger partial charge in [0.05, 0.1) is 6.54 Å². The molecule has 0 atom stereocenters. The molecule has 0 heterocycles. The SMILES string of the molecule is CCN(CC)CC(=O)C(C)(C)CC. The van der Waals surface area contributed by atoms with Crippen LogP contribution in [0, 0.1) is 5.41 Å². The van der Waals surface area contributed by atoms with E-state index in [0.29, 0.717) is 12.3 Å². The number of carbonyl (C=O) groups excluding carboxylic acids is 1. The minimum absolute atomic E-state index is 0.150. The lowest BCUT2D eigenvalue weighted by molar-refractivity contribution is -0.128. The number of rotatable bonds is 6. The van der Waals surface area contributed by atoms with Gasteiger partial charge < -0.3 is 0 Å². The van der Waals surface area contributed by atoms with Gasteiger partial charge in [0.1, 0.15) is 0 Å². The molecule has 78 valence electrons. The van der Waals surface area contributed by atoms with E-state index < -0.39 is 0 Å². The van der Waals surface area contributed by atoms with Crippen molar-refractivity contribution in [2.45, 2.75) is 41.0 Å². The zero-order valence-corrected chi connectivity index (χ0v) is 9.68. The molecule has 0 rings (SSSR count). The van der Waals surface area contributed by atoms with Crippen LogP contribution in [0.2, 0.25) is 0 Å². The number of likely N-dealkylation sites (N-methyl/N-ethyl adjacent to an activating group) is 1. The third-order valence-corrected chi connectivity index (χ3v) is 2.90. The van der Waals surface area contributed by atoms with E-state index in [0.717, 1.165) is 19.5 Å². The van der Waals surface area contributed by atoms with Gasteiger partial charge in [-0.1, -0.05) is 34.6 Å². The zero-order chi connectivity index (χ0) is 10.5. The van der Waals surface area contributed by atoms with Gasteiger partial charge in [-0.05, 0) is 19.5 Å². The number of Topliss-reactive ketones (excluding diaryl/α,β-unsaturated/α-hetero) is 1. The molecule has 0 bridgehead atoms. The standard InChI is InChI=1S/C11H23NO/c1-6-11(4,5)10(13)9-12(7-2)8-3/h6-9H2,1-5H3. The average Bonchev–Trinajstić information content (AvgIpc) is 2.13. The molecular weight excluding hydrogens is 162 g/mol. The molecule has 0 aromatic heterocycles. The maximum absolute atomic E-state index is 11.8. The van der Waals surface area contributed by atoms with Crippen LogP contribution < -0.4 is 0 Å². The lowest BCUT2D eigenvalue weighted by Crippen LogP contribution is -2.36. The van der Waals surface area contributed by atoms with Crippen molar-refractivity contribution in [3.05, 3.63) is 0 Å². The summed E-state index contributed by atoms with van der Waals surface area (Å²) in [4.78, 5) is 13.9. The molecule has 0 saturated heterocycles. The Morgan fingerprint density at radius 2 is 1.62 bits per heavy atom. The Bertz CT molecular complexity index is 159. The second-order valence-corrected chi connectivity index (χ2v) is 4.12. The van der Waals surface area contributed by atoms with Gasteiger partial charge >= 0.3 is 0 Å². The predicted molar refractivity (Wildman–Crippen MR) is 56.9 cm³/mol. The molecule has 0 aliphatic rings. The van der Waals surface area contributed by atoms with Crippen molar-refractivity contribution in [3.8, 4) is 0 Å². The minimum Gasteiger partial charge on any atom is -0.298 e. The van der Waals surface area contributed by atoms with Gasteiger partial charge in [-0.15, -0.1) is 0 Å². The molecule has 0 spiro atoms. The summed E-state index contributed by atoms with van der Waals surface area (Å²) in [5.74, 6) is 0.360. The molecule has 0 fully saturated rings. The lowest BCUT2D eigenvalue weighted by Gasteiger charge is -2.25. The summed E-state index contributed by atoms with van der Waals surface area (Å²) in [5.41, 5.74) is -0.150. The van der Waals surface area contributed by atoms with Crippen LogP contribution in [0.25, 0.3) is 0 Å². The van der Waals surface area contributed by atoms with Gasteiger partial charge in [0, 0.05) is 5.41 Å². The molecule has 0 saturated carbocycles. The third-order valence-electron chi connectivity index (χ3n) is 2.90. The molecule has 0 aliphatic heterocycles. The van der Waals surface area contributed by atoms with Crippen molar-refractivity contribution in [2.75, 3.05) is 19.6 Å². The van der Waals surface area contributed by atoms with Gasteiger partial charge in [-0.25, -0.2) is 0 Å². The molecule has 0 radical (unpaired) electrons. The number of nitrogens with zero attached hydrogens (tertiary/aromatic N) is 1. The Hall–Kier alpha value is -0.370. The monoisotopic (exact) mass is 185 g/mol. The van der Waals surface area contributed by atoms with Crippen LogP contribution in [-0.4, -0.2) is 30.3 Å². The number of ketones is 1. The van der Waals surface area contributed by atoms with Crippen molar-refractivity contribution >= 4 is 5.78 Å². The summed E-state index contributed by atoms with van der Waals surface area (Å²) < 4.78 is 0. The second-order valence-electron chi connectivity index (χ2n) is 4.12. The Morgan fingerprint density at radius 3 is 1.92 bits per heavy atom. The van der Waals surface area contributed by atoms with Crippen molar-refractivity contribution in [2.24, 2.45) is 5.41 Å². The molecule has 2 nitrogen and oxygen atoms in total. The van der Waals surface area contributed by atoms with Gasteiger partial charge in [-0.3, -0.25) is 9.69 Å². The van der Waals surface area contributed by atoms with Crippen LogP contribution in [0.5, 0.6) is 0 Å². The minimum atomic E-state index is -0.150. The molecule has 0 aromatic carbocycles. The summed E-state index contributed by atoms with van der Waals surface area (Å²) in [6.07, 6.45) is 0.924. The average molecular weight is 185 g/mol. The van der Waals surface area contributed by atoms with E-state index in [1.54, 1.807) is 0 Å². The Morgan fingerprint density at radius 1 is 1.15 bits per heavy atom. The predicted octanol–water partition coefficient (Wildman–Crippen LogP) is 2.33. The van der Waals surface area contributed by atoms with Crippen molar-refractivity contribution in [1.82, 2.24) is 4.90 Å². The highest BCUT2D eigenvalue weighted by molar-refractivity contribution is 5.85. The van der Waals surface area contributed by atoms with Crippen LogP contribution in [0.4, 0.5) is 0 Å². The fraction of sp³-hybridized carbons (Fsp3) is 0.909. The largest absolute Gasteiger partial charge is 0.298 e. The fourth-order valence-corrected chi connectivity index (χ4v) is 1.06. The molecule has 0 N–H and O–H groups in total. The van der Waals surface area contributed by atoms with Gasteiger partial charge in [-0.2, -0.15) is 0 Å². The summed E-state index contributed by atoms with van der Waals surface area (Å²) in [7, 11) is 0. The molecule has 0 aromatic rings. The highest BCUT2D eigenvalue weighted by Crippen LogP contribution is 2.21. The second kappa shape index (κ2) is 5.38. The first-order chi connectivity index (χ1) is 5.97. The van der Waals surface area contributed by atoms with E-state index in [-0.39, 0.29) is 5.41 Å². The van der Waals surface area contributed by atoms with Crippen LogP contribution in [0.3, 0.4) is 0 Å². The van der Waals surface area contributed by atoms with E-state index in [1.165, 1.54) is 0 Å². The molecule has 13 heavy (non-hydrogen) atoms. The maximum atomic E-state index is 11.8. The number of hydrogen-bond acceptors (Lipinski definition) is 2. The quantitative estimate of drug-likeness (QED) is 0.633. The Kier molecular flexibility index (Phi) is 5.23. The molecule has 0 aliphatic carbocycles. The Balaban J connectivity index is 4.13. The smallest absolute Gasteiger partial charge is 0.152 e.